The highest BCUT2D eigenvalue weighted by molar-refractivity contribution is 5.78. The largest absolute Gasteiger partial charge is 0.497 e. The molecule has 0 unspecified atom stereocenters. The first-order valence-corrected chi connectivity index (χ1v) is 6.71. The molecular weight excluding hydrogens is 269 g/mol. The van der Waals surface area contributed by atoms with Crippen molar-refractivity contribution in [2.24, 2.45) is 0 Å². The van der Waals surface area contributed by atoms with E-state index in [1.165, 1.54) is 6.07 Å². The Morgan fingerprint density at radius 1 is 1.14 bits per heavy atom. The molecule has 0 aliphatic carbocycles. The van der Waals surface area contributed by atoms with Crippen LogP contribution in [-0.2, 0) is 6.54 Å². The van der Waals surface area contributed by atoms with Gasteiger partial charge in [0, 0.05) is 5.39 Å². The van der Waals surface area contributed by atoms with E-state index >= 15 is 0 Å². The van der Waals surface area contributed by atoms with E-state index in [4.69, 9.17) is 4.74 Å². The molecule has 0 amide bonds. The fraction of sp³-hybridized carbons (Fsp3) is 0.250. The summed E-state index contributed by atoms with van der Waals surface area (Å²) in [6, 6.07) is 9.29. The summed E-state index contributed by atoms with van der Waals surface area (Å²) in [6.07, 6.45) is 0. The topological polar surface area (TPSA) is 39.9 Å². The quantitative estimate of drug-likeness (QED) is 0.741. The third kappa shape index (κ3) is 2.46. The lowest BCUT2D eigenvalue weighted by Gasteiger charge is -2.05. The molecule has 21 heavy (non-hydrogen) atoms. The first-order chi connectivity index (χ1) is 10.1. The Labute approximate surface area is 122 Å². The zero-order valence-electron chi connectivity index (χ0n) is 12.2. The number of hydrogen-bond acceptors (Lipinski definition) is 3. The third-order valence-electron chi connectivity index (χ3n) is 3.53. The molecule has 0 spiro atoms. The maximum Gasteiger partial charge on any atom is 0.158 e. The molecule has 5 heteroatoms. The van der Waals surface area contributed by atoms with Gasteiger partial charge < -0.3 is 4.74 Å². The molecule has 0 radical (unpaired) electrons. The van der Waals surface area contributed by atoms with Crippen LogP contribution in [0.4, 0.5) is 4.39 Å². The summed E-state index contributed by atoms with van der Waals surface area (Å²) in [4.78, 5) is 4.33. The second-order valence-electron chi connectivity index (χ2n) is 5.02. The Balaban J connectivity index is 2.01. The molecule has 0 aliphatic rings. The molecule has 0 fully saturated rings. The molecule has 3 aromatic rings. The van der Waals surface area contributed by atoms with Gasteiger partial charge in [-0.2, -0.15) is 5.10 Å². The highest BCUT2D eigenvalue weighted by atomic mass is 19.1. The van der Waals surface area contributed by atoms with Gasteiger partial charge in [0.15, 0.2) is 5.65 Å². The molecule has 2 aromatic heterocycles. The van der Waals surface area contributed by atoms with E-state index in [1.54, 1.807) is 18.7 Å². The lowest BCUT2D eigenvalue weighted by atomic mass is 10.2. The number of pyridine rings is 1. The molecule has 108 valence electrons. The number of halogens is 1. The van der Waals surface area contributed by atoms with Crippen molar-refractivity contribution in [2.75, 3.05) is 7.11 Å². The molecule has 2 heterocycles. The highest BCUT2D eigenvalue weighted by Crippen LogP contribution is 2.20. The van der Waals surface area contributed by atoms with E-state index in [2.05, 4.69) is 10.1 Å². The molecular formula is C16H16FN3O. The van der Waals surface area contributed by atoms with Crippen molar-refractivity contribution in [2.45, 2.75) is 20.4 Å². The molecule has 0 saturated heterocycles. The second-order valence-corrected chi connectivity index (χ2v) is 5.02. The van der Waals surface area contributed by atoms with Crippen LogP contribution in [-0.4, -0.2) is 21.9 Å². The predicted molar refractivity (Wildman–Crippen MR) is 79.1 cm³/mol. The molecule has 4 nitrogen and oxygen atoms in total. The van der Waals surface area contributed by atoms with Gasteiger partial charge in [0.1, 0.15) is 11.6 Å². The normalized spacial score (nSPS) is 11.0. The summed E-state index contributed by atoms with van der Waals surface area (Å²) in [5, 5.41) is 5.22. The number of aryl methyl sites for hydroxylation is 2. The van der Waals surface area contributed by atoms with Gasteiger partial charge in [0.05, 0.1) is 25.0 Å². The summed E-state index contributed by atoms with van der Waals surface area (Å²) in [7, 11) is 1.64. The summed E-state index contributed by atoms with van der Waals surface area (Å²) in [5.41, 5.74) is 2.97. The predicted octanol–water partition coefficient (Wildman–Crippen LogP) is 3.24. The minimum absolute atomic E-state index is 0.297. The Kier molecular flexibility index (Phi) is 3.33. The molecule has 0 saturated carbocycles. The summed E-state index contributed by atoms with van der Waals surface area (Å²) >= 11 is 0. The maximum atomic E-state index is 13.6. The lowest BCUT2D eigenvalue weighted by Crippen LogP contribution is -2.03. The first kappa shape index (κ1) is 13.5. The number of fused-ring (bicyclic) bond motifs is 1. The van der Waals surface area contributed by atoms with Crippen molar-refractivity contribution in [3.8, 4) is 5.75 Å². The van der Waals surface area contributed by atoms with Crippen LogP contribution < -0.4 is 4.74 Å². The van der Waals surface area contributed by atoms with Gasteiger partial charge in [-0.25, -0.2) is 14.1 Å². The van der Waals surface area contributed by atoms with E-state index < -0.39 is 0 Å². The first-order valence-electron chi connectivity index (χ1n) is 6.71. The van der Waals surface area contributed by atoms with Crippen LogP contribution in [0.25, 0.3) is 11.0 Å². The Morgan fingerprint density at radius 3 is 2.52 bits per heavy atom. The van der Waals surface area contributed by atoms with Gasteiger partial charge in [0.25, 0.3) is 0 Å². The van der Waals surface area contributed by atoms with Crippen molar-refractivity contribution in [1.82, 2.24) is 14.8 Å². The lowest BCUT2D eigenvalue weighted by molar-refractivity contribution is 0.414. The molecule has 0 N–H and O–H groups in total. The molecule has 0 bridgehead atoms. The minimum Gasteiger partial charge on any atom is -0.497 e. The van der Waals surface area contributed by atoms with E-state index in [1.807, 2.05) is 31.2 Å². The maximum absolute atomic E-state index is 13.6. The molecule has 1 aromatic carbocycles. The van der Waals surface area contributed by atoms with Crippen molar-refractivity contribution in [1.29, 1.82) is 0 Å². The number of aromatic nitrogens is 3. The van der Waals surface area contributed by atoms with Crippen molar-refractivity contribution in [3.63, 3.8) is 0 Å². The zero-order chi connectivity index (χ0) is 15.0. The SMILES string of the molecule is COc1ccc(Cn2nc(C)c3cc(F)c(C)nc32)cc1. The molecule has 0 atom stereocenters. The van der Waals surface area contributed by atoms with Crippen molar-refractivity contribution < 1.29 is 9.13 Å². The van der Waals surface area contributed by atoms with E-state index in [-0.39, 0.29) is 5.82 Å². The zero-order valence-corrected chi connectivity index (χ0v) is 12.2. The summed E-state index contributed by atoms with van der Waals surface area (Å²) in [5.74, 6) is 0.519. The standard InChI is InChI=1S/C16H16FN3O/c1-10-14-8-15(17)11(2)18-16(14)20(19-10)9-12-4-6-13(21-3)7-5-12/h4-8H,9H2,1-3H3. The van der Waals surface area contributed by atoms with Gasteiger partial charge >= 0.3 is 0 Å². The smallest absolute Gasteiger partial charge is 0.158 e. The highest BCUT2D eigenvalue weighted by Gasteiger charge is 2.12. The van der Waals surface area contributed by atoms with Crippen molar-refractivity contribution >= 4 is 11.0 Å². The Morgan fingerprint density at radius 2 is 1.86 bits per heavy atom. The third-order valence-corrected chi connectivity index (χ3v) is 3.53. The van der Waals surface area contributed by atoms with Crippen LogP contribution in [0, 0.1) is 19.7 Å². The number of hydrogen-bond donors (Lipinski definition) is 0. The minimum atomic E-state index is -0.297. The average Bonchev–Trinajstić information content (AvgIpc) is 2.77. The molecule has 3 rings (SSSR count). The second kappa shape index (κ2) is 5.16. The van der Waals surface area contributed by atoms with Crippen LogP contribution in [0.15, 0.2) is 30.3 Å². The fourth-order valence-electron chi connectivity index (χ4n) is 2.33. The van der Waals surface area contributed by atoms with E-state index in [9.17, 15) is 4.39 Å². The van der Waals surface area contributed by atoms with Crippen LogP contribution in [0.5, 0.6) is 5.75 Å². The molecule has 0 aliphatic heterocycles. The monoisotopic (exact) mass is 285 g/mol. The van der Waals surface area contributed by atoms with E-state index in [0.717, 1.165) is 22.4 Å². The van der Waals surface area contributed by atoms with Crippen LogP contribution >= 0.6 is 0 Å². The summed E-state index contributed by atoms with van der Waals surface area (Å²) < 4.78 is 20.6. The Bertz CT molecular complexity index is 793. The fourth-order valence-corrected chi connectivity index (χ4v) is 2.33. The van der Waals surface area contributed by atoms with E-state index in [0.29, 0.717) is 17.9 Å². The Hall–Kier alpha value is -2.43. The van der Waals surface area contributed by atoms with Gasteiger partial charge in [-0.1, -0.05) is 12.1 Å². The van der Waals surface area contributed by atoms with Gasteiger partial charge in [-0.05, 0) is 37.6 Å². The van der Waals surface area contributed by atoms with Gasteiger partial charge in [-0.3, -0.25) is 0 Å². The number of methoxy groups -OCH3 is 1. The van der Waals surface area contributed by atoms with Crippen molar-refractivity contribution in [3.05, 3.63) is 53.1 Å². The average molecular weight is 285 g/mol. The van der Waals surface area contributed by atoms with Gasteiger partial charge in [0.2, 0.25) is 0 Å². The number of benzene rings is 1. The van der Waals surface area contributed by atoms with Crippen LogP contribution in [0.3, 0.4) is 0 Å². The van der Waals surface area contributed by atoms with Crippen LogP contribution in [0.2, 0.25) is 0 Å². The number of ether oxygens (including phenoxy) is 1. The number of rotatable bonds is 3. The van der Waals surface area contributed by atoms with Gasteiger partial charge in [-0.15, -0.1) is 0 Å². The number of nitrogens with zero attached hydrogens (tertiary/aromatic N) is 3. The van der Waals surface area contributed by atoms with Crippen LogP contribution in [0.1, 0.15) is 17.0 Å². The summed E-state index contributed by atoms with van der Waals surface area (Å²) in [6.45, 7) is 4.12.